The van der Waals surface area contributed by atoms with Gasteiger partial charge < -0.3 is 9.72 Å². The van der Waals surface area contributed by atoms with E-state index in [9.17, 15) is 4.79 Å². The number of fused-ring (bicyclic) bond motifs is 1. The fourth-order valence-electron chi connectivity index (χ4n) is 2.86. The van der Waals surface area contributed by atoms with Crippen LogP contribution in [0.2, 0.25) is 0 Å². The largest absolute Gasteiger partial charge is 0.465 e. The Bertz CT molecular complexity index is 938. The highest BCUT2D eigenvalue weighted by atomic mass is 32.1. The SMILES string of the molecule is CCOC(=O)[C@H](C#N)C=NC[C@@H](c1cccs1)c1c[nH]c2ccccc12. The zero-order chi connectivity index (χ0) is 18.4. The predicted molar refractivity (Wildman–Crippen MR) is 104 cm³/mol. The third-order valence-corrected chi connectivity index (χ3v) is 5.09. The molecule has 6 heteroatoms. The normalized spacial score (nSPS) is 13.5. The molecule has 2 aromatic heterocycles. The van der Waals surface area contributed by atoms with E-state index in [1.807, 2.05) is 41.9 Å². The van der Waals surface area contributed by atoms with Crippen molar-refractivity contribution in [1.29, 1.82) is 5.26 Å². The Hall–Kier alpha value is -2.91. The molecule has 0 spiro atoms. The fourth-order valence-corrected chi connectivity index (χ4v) is 3.70. The van der Waals surface area contributed by atoms with E-state index in [1.165, 1.54) is 11.1 Å². The number of rotatable bonds is 7. The predicted octanol–water partition coefficient (Wildman–Crippen LogP) is 4.13. The van der Waals surface area contributed by atoms with Gasteiger partial charge in [-0.1, -0.05) is 24.3 Å². The highest BCUT2D eigenvalue weighted by molar-refractivity contribution is 7.10. The molecule has 26 heavy (non-hydrogen) atoms. The van der Waals surface area contributed by atoms with E-state index in [0.717, 1.165) is 16.5 Å². The number of hydrogen-bond acceptors (Lipinski definition) is 5. The number of aliphatic imine (C=N–C) groups is 1. The van der Waals surface area contributed by atoms with Gasteiger partial charge in [0.15, 0.2) is 5.92 Å². The Morgan fingerprint density at radius 1 is 1.38 bits per heavy atom. The average molecular weight is 365 g/mol. The number of nitrogens with zero attached hydrogens (tertiary/aromatic N) is 2. The number of thiophene rings is 1. The van der Waals surface area contributed by atoms with Crippen molar-refractivity contribution in [3.05, 3.63) is 58.4 Å². The molecular weight excluding hydrogens is 346 g/mol. The van der Waals surface area contributed by atoms with Crippen LogP contribution in [0.1, 0.15) is 23.3 Å². The van der Waals surface area contributed by atoms with Crippen LogP contribution >= 0.6 is 11.3 Å². The number of para-hydroxylation sites is 1. The number of nitrogens with one attached hydrogen (secondary N) is 1. The highest BCUT2D eigenvalue weighted by Gasteiger charge is 2.20. The average Bonchev–Trinajstić information content (AvgIpc) is 3.32. The van der Waals surface area contributed by atoms with Crippen LogP contribution in [0.15, 0.2) is 53.0 Å². The molecule has 3 aromatic rings. The van der Waals surface area contributed by atoms with Gasteiger partial charge in [-0.25, -0.2) is 0 Å². The zero-order valence-electron chi connectivity index (χ0n) is 14.4. The minimum atomic E-state index is -0.970. The summed E-state index contributed by atoms with van der Waals surface area (Å²) < 4.78 is 4.90. The van der Waals surface area contributed by atoms with Gasteiger partial charge in [-0.2, -0.15) is 5.26 Å². The van der Waals surface area contributed by atoms with Gasteiger partial charge in [0.2, 0.25) is 0 Å². The van der Waals surface area contributed by atoms with Gasteiger partial charge in [0.1, 0.15) is 0 Å². The van der Waals surface area contributed by atoms with Crippen molar-refractivity contribution < 1.29 is 9.53 Å². The van der Waals surface area contributed by atoms with Crippen LogP contribution in [0.3, 0.4) is 0 Å². The lowest BCUT2D eigenvalue weighted by molar-refractivity contribution is -0.143. The van der Waals surface area contributed by atoms with Crippen molar-refractivity contribution in [3.8, 4) is 6.07 Å². The van der Waals surface area contributed by atoms with Crippen molar-refractivity contribution in [3.63, 3.8) is 0 Å². The molecule has 5 nitrogen and oxygen atoms in total. The Labute approximate surface area is 156 Å². The molecule has 0 radical (unpaired) electrons. The van der Waals surface area contributed by atoms with E-state index in [4.69, 9.17) is 10.00 Å². The summed E-state index contributed by atoms with van der Waals surface area (Å²) in [6, 6.07) is 14.2. The zero-order valence-corrected chi connectivity index (χ0v) is 15.2. The molecule has 0 aliphatic carbocycles. The maximum absolute atomic E-state index is 11.7. The second-order valence-corrected chi connectivity index (χ2v) is 6.71. The van der Waals surface area contributed by atoms with Gasteiger partial charge in [-0.3, -0.25) is 9.79 Å². The number of carbonyl (C=O) groups excluding carboxylic acids is 1. The van der Waals surface area contributed by atoms with Crippen LogP contribution in [0, 0.1) is 17.2 Å². The number of aromatic nitrogens is 1. The van der Waals surface area contributed by atoms with Gasteiger partial charge in [0.05, 0.1) is 19.2 Å². The van der Waals surface area contributed by atoms with Crippen molar-refractivity contribution >= 4 is 34.4 Å². The van der Waals surface area contributed by atoms with Crippen LogP contribution in [0.5, 0.6) is 0 Å². The summed E-state index contributed by atoms with van der Waals surface area (Å²) in [5.41, 5.74) is 2.24. The van der Waals surface area contributed by atoms with Gasteiger partial charge in [-0.05, 0) is 30.0 Å². The molecule has 0 saturated carbocycles. The number of benzene rings is 1. The van der Waals surface area contributed by atoms with Crippen molar-refractivity contribution in [1.82, 2.24) is 4.98 Å². The first-order valence-corrected chi connectivity index (χ1v) is 9.28. The summed E-state index contributed by atoms with van der Waals surface area (Å²) >= 11 is 1.67. The summed E-state index contributed by atoms with van der Waals surface area (Å²) in [6.45, 7) is 2.42. The minimum absolute atomic E-state index is 0.0592. The maximum Gasteiger partial charge on any atom is 0.328 e. The smallest absolute Gasteiger partial charge is 0.328 e. The van der Waals surface area contributed by atoms with E-state index in [0.29, 0.717) is 6.54 Å². The molecule has 2 atom stereocenters. The summed E-state index contributed by atoms with van der Waals surface area (Å²) in [5, 5.41) is 12.3. The molecule has 0 amide bonds. The molecule has 0 saturated heterocycles. The number of esters is 1. The fraction of sp³-hybridized carbons (Fsp3) is 0.250. The third-order valence-electron chi connectivity index (χ3n) is 4.11. The van der Waals surface area contributed by atoms with Gasteiger partial charge >= 0.3 is 5.97 Å². The maximum atomic E-state index is 11.7. The van der Waals surface area contributed by atoms with Crippen LogP contribution in [0.25, 0.3) is 10.9 Å². The van der Waals surface area contributed by atoms with E-state index in [2.05, 4.69) is 22.1 Å². The molecule has 0 unspecified atom stereocenters. The van der Waals surface area contributed by atoms with E-state index >= 15 is 0 Å². The summed E-state index contributed by atoms with van der Waals surface area (Å²) in [6.07, 6.45) is 3.41. The van der Waals surface area contributed by atoms with Gasteiger partial charge in [0.25, 0.3) is 0 Å². The first-order chi connectivity index (χ1) is 12.7. The Morgan fingerprint density at radius 3 is 2.96 bits per heavy atom. The Kier molecular flexibility index (Phi) is 5.82. The van der Waals surface area contributed by atoms with Gasteiger partial charge in [0, 0.05) is 34.1 Å². The minimum Gasteiger partial charge on any atom is -0.465 e. The molecule has 0 fully saturated rings. The standard InChI is InChI=1S/C20H19N3O2S/c1-2-25-20(24)14(10-21)11-22-12-17(19-8-5-9-26-19)16-13-23-18-7-4-3-6-15(16)18/h3-9,11,13-14,17,23H,2,12H2,1H3/t14-,17-/m1/s1. The molecule has 132 valence electrons. The molecule has 0 aliphatic heterocycles. The summed E-state index contributed by atoms with van der Waals surface area (Å²) in [7, 11) is 0. The van der Waals surface area contributed by atoms with Crippen molar-refractivity contribution in [2.24, 2.45) is 10.9 Å². The highest BCUT2D eigenvalue weighted by Crippen LogP contribution is 2.33. The van der Waals surface area contributed by atoms with Crippen LogP contribution in [-0.2, 0) is 9.53 Å². The first kappa shape index (κ1) is 17.9. The van der Waals surface area contributed by atoms with E-state index in [-0.39, 0.29) is 12.5 Å². The quantitative estimate of drug-likeness (QED) is 0.505. The molecular formula is C20H19N3O2S. The van der Waals surface area contributed by atoms with E-state index in [1.54, 1.807) is 18.3 Å². The number of nitriles is 1. The Morgan fingerprint density at radius 2 is 2.23 bits per heavy atom. The number of aromatic amines is 1. The lowest BCUT2D eigenvalue weighted by Crippen LogP contribution is -2.17. The lowest BCUT2D eigenvalue weighted by atomic mass is 9.97. The number of carbonyl (C=O) groups is 1. The summed E-state index contributed by atoms with van der Waals surface area (Å²) in [4.78, 5) is 20.6. The molecule has 1 N–H and O–H groups in total. The summed E-state index contributed by atoms with van der Waals surface area (Å²) in [5.74, 6) is -1.47. The van der Waals surface area contributed by atoms with Crippen molar-refractivity contribution in [2.45, 2.75) is 12.8 Å². The molecule has 3 rings (SSSR count). The lowest BCUT2D eigenvalue weighted by Gasteiger charge is -2.13. The van der Waals surface area contributed by atoms with Crippen LogP contribution < -0.4 is 0 Å². The van der Waals surface area contributed by atoms with Gasteiger partial charge in [-0.15, -0.1) is 11.3 Å². The van der Waals surface area contributed by atoms with Crippen LogP contribution in [-0.4, -0.2) is 30.3 Å². The Balaban J connectivity index is 1.86. The molecule has 0 aliphatic rings. The molecule has 1 aromatic carbocycles. The topological polar surface area (TPSA) is 78.2 Å². The number of hydrogen-bond donors (Lipinski definition) is 1. The van der Waals surface area contributed by atoms with E-state index < -0.39 is 11.9 Å². The molecule has 0 bridgehead atoms. The molecule has 2 heterocycles. The number of H-pyrrole nitrogens is 1. The van der Waals surface area contributed by atoms with Crippen molar-refractivity contribution in [2.75, 3.05) is 13.2 Å². The monoisotopic (exact) mass is 365 g/mol. The van der Waals surface area contributed by atoms with Crippen LogP contribution in [0.4, 0.5) is 0 Å². The first-order valence-electron chi connectivity index (χ1n) is 8.40. The number of ether oxygens (including phenoxy) is 1. The third kappa shape index (κ3) is 3.84. The second-order valence-electron chi connectivity index (χ2n) is 5.73. The second kappa shape index (κ2) is 8.45.